The summed E-state index contributed by atoms with van der Waals surface area (Å²) in [5, 5.41) is 0. The maximum Gasteiger partial charge on any atom is 0.127 e. The van der Waals surface area contributed by atoms with Crippen LogP contribution in [0.2, 0.25) is 0 Å². The maximum atomic E-state index is 5.59. The van der Waals surface area contributed by atoms with Crippen molar-refractivity contribution in [1.29, 1.82) is 0 Å². The Bertz CT molecular complexity index is 394. The Hall–Kier alpha value is -1.54. The molecule has 2 aromatic rings. The summed E-state index contributed by atoms with van der Waals surface area (Å²) in [6.45, 7) is 0. The zero-order valence-corrected chi connectivity index (χ0v) is 8.33. The SMILES string of the molecule is [S-]c1ccc(Oc2ccccc2)cc1. The molecule has 0 aliphatic heterocycles. The van der Waals surface area contributed by atoms with E-state index in [0.717, 1.165) is 16.4 Å². The lowest BCUT2D eigenvalue weighted by molar-refractivity contribution is 0.482. The summed E-state index contributed by atoms with van der Waals surface area (Å²) in [5.41, 5.74) is 0. The van der Waals surface area contributed by atoms with Gasteiger partial charge in [-0.15, -0.1) is 0 Å². The third-order valence-corrected chi connectivity index (χ3v) is 2.07. The summed E-state index contributed by atoms with van der Waals surface area (Å²) in [4.78, 5) is 0.824. The summed E-state index contributed by atoms with van der Waals surface area (Å²) in [6, 6.07) is 17.1. The zero-order valence-electron chi connectivity index (χ0n) is 7.51. The van der Waals surface area contributed by atoms with Crippen molar-refractivity contribution in [2.45, 2.75) is 4.90 Å². The molecule has 0 heterocycles. The second-order valence-corrected chi connectivity index (χ2v) is 3.36. The van der Waals surface area contributed by atoms with Gasteiger partial charge in [0.2, 0.25) is 0 Å². The molecule has 1 nitrogen and oxygen atoms in total. The van der Waals surface area contributed by atoms with Crippen molar-refractivity contribution in [3.8, 4) is 11.5 Å². The van der Waals surface area contributed by atoms with Gasteiger partial charge in [-0.2, -0.15) is 4.90 Å². The molecule has 0 bridgehead atoms. The second-order valence-electron chi connectivity index (χ2n) is 2.89. The molecule has 14 heavy (non-hydrogen) atoms. The third-order valence-electron chi connectivity index (χ3n) is 1.80. The first-order valence-electron chi connectivity index (χ1n) is 4.34. The highest BCUT2D eigenvalue weighted by atomic mass is 32.1. The minimum Gasteiger partial charge on any atom is -0.780 e. The lowest BCUT2D eigenvalue weighted by Crippen LogP contribution is -1.82. The van der Waals surface area contributed by atoms with Crippen LogP contribution in [0.4, 0.5) is 0 Å². The van der Waals surface area contributed by atoms with E-state index in [1.807, 2.05) is 54.6 Å². The standard InChI is InChI=1S/C12H10OS/c14-12-8-6-11(7-9-12)13-10-4-2-1-3-5-10/h1-9,14H/p-1. The maximum absolute atomic E-state index is 5.59. The van der Waals surface area contributed by atoms with Gasteiger partial charge in [-0.1, -0.05) is 30.3 Å². The molecule has 2 aromatic carbocycles. The highest BCUT2D eigenvalue weighted by Crippen LogP contribution is 2.20. The van der Waals surface area contributed by atoms with Crippen molar-refractivity contribution < 1.29 is 4.74 Å². The second kappa shape index (κ2) is 4.11. The summed E-state index contributed by atoms with van der Waals surface area (Å²) in [6.07, 6.45) is 0. The molecule has 0 aliphatic carbocycles. The molecule has 0 aliphatic rings. The summed E-state index contributed by atoms with van der Waals surface area (Å²) in [5.74, 6) is 1.65. The molecule has 0 radical (unpaired) electrons. The summed E-state index contributed by atoms with van der Waals surface area (Å²) < 4.78 is 5.59. The van der Waals surface area contributed by atoms with Crippen LogP contribution in [0.15, 0.2) is 59.5 Å². The largest absolute Gasteiger partial charge is 0.780 e. The third kappa shape index (κ3) is 2.24. The van der Waals surface area contributed by atoms with Gasteiger partial charge in [0.05, 0.1) is 0 Å². The molecule has 0 amide bonds. The predicted octanol–water partition coefficient (Wildman–Crippen LogP) is 3.38. The molecular formula is C12H9OS-. The quantitative estimate of drug-likeness (QED) is 0.689. The monoisotopic (exact) mass is 201 g/mol. The first-order chi connectivity index (χ1) is 6.84. The van der Waals surface area contributed by atoms with Gasteiger partial charge >= 0.3 is 0 Å². The molecule has 2 heteroatoms. The first-order valence-corrected chi connectivity index (χ1v) is 4.75. The predicted molar refractivity (Wildman–Crippen MR) is 58.6 cm³/mol. The van der Waals surface area contributed by atoms with Gasteiger partial charge in [0.25, 0.3) is 0 Å². The highest BCUT2D eigenvalue weighted by molar-refractivity contribution is 7.58. The fourth-order valence-corrected chi connectivity index (χ4v) is 1.27. The van der Waals surface area contributed by atoms with Crippen molar-refractivity contribution in [1.82, 2.24) is 0 Å². The Labute approximate surface area is 88.8 Å². The fourth-order valence-electron chi connectivity index (χ4n) is 1.13. The molecule has 2 rings (SSSR count). The van der Waals surface area contributed by atoms with E-state index in [9.17, 15) is 0 Å². The number of para-hydroxylation sites is 1. The van der Waals surface area contributed by atoms with Crippen molar-refractivity contribution in [3.05, 3.63) is 54.6 Å². The van der Waals surface area contributed by atoms with Crippen LogP contribution in [0.25, 0.3) is 0 Å². The van der Waals surface area contributed by atoms with Gasteiger partial charge in [0, 0.05) is 0 Å². The van der Waals surface area contributed by atoms with E-state index in [0.29, 0.717) is 0 Å². The van der Waals surface area contributed by atoms with E-state index in [-0.39, 0.29) is 0 Å². The van der Waals surface area contributed by atoms with Crippen LogP contribution in [-0.4, -0.2) is 0 Å². The van der Waals surface area contributed by atoms with Gasteiger partial charge in [-0.25, -0.2) is 0 Å². The zero-order chi connectivity index (χ0) is 9.80. The van der Waals surface area contributed by atoms with E-state index in [4.69, 9.17) is 17.4 Å². The normalized spacial score (nSPS) is 9.71. The Kier molecular flexibility index (Phi) is 2.65. The molecule has 0 fully saturated rings. The molecule has 0 unspecified atom stereocenters. The van der Waals surface area contributed by atoms with E-state index >= 15 is 0 Å². The van der Waals surface area contributed by atoms with Crippen molar-refractivity contribution >= 4 is 12.6 Å². The number of hydrogen-bond donors (Lipinski definition) is 0. The molecule has 0 N–H and O–H groups in total. The summed E-state index contributed by atoms with van der Waals surface area (Å²) in [7, 11) is 0. The topological polar surface area (TPSA) is 9.23 Å². The van der Waals surface area contributed by atoms with E-state index in [1.54, 1.807) is 0 Å². The average molecular weight is 201 g/mol. The minimum atomic E-state index is 0.810. The molecule has 0 spiro atoms. The van der Waals surface area contributed by atoms with Crippen LogP contribution in [0, 0.1) is 0 Å². The van der Waals surface area contributed by atoms with Crippen molar-refractivity contribution in [2.24, 2.45) is 0 Å². The van der Waals surface area contributed by atoms with Crippen LogP contribution in [-0.2, 0) is 12.6 Å². The van der Waals surface area contributed by atoms with Crippen LogP contribution in [0.5, 0.6) is 11.5 Å². The smallest absolute Gasteiger partial charge is 0.127 e. The summed E-state index contributed by atoms with van der Waals surface area (Å²) >= 11 is 4.98. The number of hydrogen-bond acceptors (Lipinski definition) is 2. The van der Waals surface area contributed by atoms with Gasteiger partial charge in [-0.3, -0.25) is 0 Å². The van der Waals surface area contributed by atoms with Crippen LogP contribution >= 0.6 is 0 Å². The minimum absolute atomic E-state index is 0.810. The average Bonchev–Trinajstić information content (AvgIpc) is 2.23. The first kappa shape index (κ1) is 9.03. The Balaban J connectivity index is 2.16. The highest BCUT2D eigenvalue weighted by Gasteiger charge is 1.93. The molecule has 0 saturated heterocycles. The lowest BCUT2D eigenvalue weighted by Gasteiger charge is -2.08. The number of ether oxygens (including phenoxy) is 1. The number of benzene rings is 2. The van der Waals surface area contributed by atoms with Gasteiger partial charge in [0.1, 0.15) is 11.5 Å². The molecule has 0 saturated carbocycles. The van der Waals surface area contributed by atoms with E-state index < -0.39 is 0 Å². The van der Waals surface area contributed by atoms with E-state index in [1.165, 1.54) is 0 Å². The Morgan fingerprint density at radius 3 is 1.93 bits per heavy atom. The van der Waals surface area contributed by atoms with Crippen LogP contribution in [0.3, 0.4) is 0 Å². The molecule has 70 valence electrons. The van der Waals surface area contributed by atoms with E-state index in [2.05, 4.69) is 0 Å². The van der Waals surface area contributed by atoms with Gasteiger partial charge < -0.3 is 17.4 Å². The molecule has 0 atom stereocenters. The number of rotatable bonds is 2. The fraction of sp³-hybridized carbons (Fsp3) is 0. The molecular weight excluding hydrogens is 192 g/mol. The Morgan fingerprint density at radius 2 is 1.29 bits per heavy atom. The van der Waals surface area contributed by atoms with Crippen LogP contribution < -0.4 is 4.74 Å². The van der Waals surface area contributed by atoms with Crippen molar-refractivity contribution in [2.75, 3.05) is 0 Å². The lowest BCUT2D eigenvalue weighted by atomic mass is 10.3. The van der Waals surface area contributed by atoms with Crippen molar-refractivity contribution in [3.63, 3.8) is 0 Å². The van der Waals surface area contributed by atoms with Gasteiger partial charge in [-0.05, 0) is 24.3 Å². The molecule has 0 aromatic heterocycles. The Morgan fingerprint density at radius 1 is 0.714 bits per heavy atom. The van der Waals surface area contributed by atoms with Gasteiger partial charge in [0.15, 0.2) is 0 Å². The van der Waals surface area contributed by atoms with Crippen LogP contribution in [0.1, 0.15) is 0 Å².